The molecule has 0 radical (unpaired) electrons. The normalized spacial score (nSPS) is 15.3. The van der Waals surface area contributed by atoms with Crippen molar-refractivity contribution in [2.75, 3.05) is 10.6 Å². The third-order valence-electron chi connectivity index (χ3n) is 3.66. The molecular formula is C16H20N4OS2. The molecule has 0 aliphatic heterocycles. The monoisotopic (exact) mass is 348 g/mol. The lowest BCUT2D eigenvalue weighted by Gasteiger charge is -2.19. The van der Waals surface area contributed by atoms with Crippen LogP contribution in [0.3, 0.4) is 0 Å². The molecule has 1 aromatic carbocycles. The molecule has 0 saturated heterocycles. The Hall–Kier alpha value is -1.60. The second-order valence-corrected chi connectivity index (χ2v) is 8.16. The molecule has 1 fully saturated rings. The molecule has 1 aromatic heterocycles. The summed E-state index contributed by atoms with van der Waals surface area (Å²) >= 11 is 3.44. The van der Waals surface area contributed by atoms with Gasteiger partial charge in [-0.3, -0.25) is 4.79 Å². The van der Waals surface area contributed by atoms with Crippen molar-refractivity contribution in [1.82, 2.24) is 10.2 Å². The van der Waals surface area contributed by atoms with Gasteiger partial charge in [0.25, 0.3) is 0 Å². The van der Waals surface area contributed by atoms with E-state index in [-0.39, 0.29) is 5.91 Å². The number of anilines is 3. The zero-order valence-corrected chi connectivity index (χ0v) is 14.7. The molecule has 1 aliphatic carbocycles. The molecule has 1 amide bonds. The van der Waals surface area contributed by atoms with Crippen LogP contribution < -0.4 is 10.6 Å². The van der Waals surface area contributed by atoms with Crippen molar-refractivity contribution in [1.29, 1.82) is 0 Å². The molecule has 0 spiro atoms. The number of carbonyl (C=O) groups excluding carboxylic acids is 1. The van der Waals surface area contributed by atoms with E-state index in [1.807, 2.05) is 36.0 Å². The van der Waals surface area contributed by atoms with Gasteiger partial charge in [-0.05, 0) is 31.0 Å². The highest BCUT2D eigenvalue weighted by atomic mass is 32.2. The predicted octanol–water partition coefficient (Wildman–Crippen LogP) is 4.66. The smallest absolute Gasteiger partial charge is 0.221 e. The van der Waals surface area contributed by atoms with Gasteiger partial charge in [0.2, 0.25) is 11.0 Å². The van der Waals surface area contributed by atoms with Crippen molar-refractivity contribution in [2.24, 2.45) is 0 Å². The number of hydrogen-bond donors (Lipinski definition) is 2. The minimum atomic E-state index is -0.0794. The first-order valence-electron chi connectivity index (χ1n) is 7.84. The Bertz CT molecular complexity index is 668. The second-order valence-electron chi connectivity index (χ2n) is 5.64. The maximum Gasteiger partial charge on any atom is 0.221 e. The van der Waals surface area contributed by atoms with Crippen molar-refractivity contribution in [3.63, 3.8) is 0 Å². The van der Waals surface area contributed by atoms with Gasteiger partial charge in [0.05, 0.1) is 0 Å². The van der Waals surface area contributed by atoms with E-state index in [0.717, 1.165) is 20.8 Å². The molecule has 1 saturated carbocycles. The number of thioether (sulfide) groups is 1. The van der Waals surface area contributed by atoms with Crippen molar-refractivity contribution in [3.05, 3.63) is 24.3 Å². The fourth-order valence-electron chi connectivity index (χ4n) is 2.63. The number of hydrogen-bond acceptors (Lipinski definition) is 6. The van der Waals surface area contributed by atoms with Crippen molar-refractivity contribution in [2.45, 2.75) is 48.6 Å². The van der Waals surface area contributed by atoms with Crippen LogP contribution in [-0.2, 0) is 4.79 Å². The summed E-state index contributed by atoms with van der Waals surface area (Å²) in [5.74, 6) is -0.0794. The van der Waals surface area contributed by atoms with Gasteiger partial charge < -0.3 is 10.6 Å². The predicted molar refractivity (Wildman–Crippen MR) is 96.7 cm³/mol. The Morgan fingerprint density at radius 2 is 2.00 bits per heavy atom. The molecule has 23 heavy (non-hydrogen) atoms. The maximum atomic E-state index is 11.1. The molecular weight excluding hydrogens is 328 g/mol. The number of aromatic nitrogens is 2. The third kappa shape index (κ3) is 4.94. The van der Waals surface area contributed by atoms with E-state index >= 15 is 0 Å². The lowest BCUT2D eigenvalue weighted by molar-refractivity contribution is -0.114. The summed E-state index contributed by atoms with van der Waals surface area (Å²) in [6.07, 6.45) is 6.59. The number of amides is 1. The van der Waals surface area contributed by atoms with E-state index in [0.29, 0.717) is 5.25 Å². The number of carbonyl (C=O) groups is 1. The summed E-state index contributed by atoms with van der Waals surface area (Å²) in [7, 11) is 0. The number of benzene rings is 1. The number of rotatable bonds is 5. The Balaban J connectivity index is 1.61. The molecule has 2 N–H and O–H groups in total. The molecule has 0 bridgehead atoms. The highest BCUT2D eigenvalue weighted by Crippen LogP contribution is 2.36. The fraction of sp³-hybridized carbons (Fsp3) is 0.438. The lowest BCUT2D eigenvalue weighted by Crippen LogP contribution is -2.07. The van der Waals surface area contributed by atoms with Crippen LogP contribution in [0.2, 0.25) is 0 Å². The third-order valence-corrected chi connectivity index (χ3v) is 5.92. The number of nitrogens with one attached hydrogen (secondary N) is 2. The lowest BCUT2D eigenvalue weighted by atomic mass is 10.0. The van der Waals surface area contributed by atoms with E-state index < -0.39 is 0 Å². The van der Waals surface area contributed by atoms with E-state index in [4.69, 9.17) is 0 Å². The van der Waals surface area contributed by atoms with Gasteiger partial charge in [-0.1, -0.05) is 48.4 Å². The molecule has 7 heteroatoms. The molecule has 1 aliphatic rings. The molecule has 5 nitrogen and oxygen atoms in total. The first-order valence-corrected chi connectivity index (χ1v) is 9.53. The second kappa shape index (κ2) is 7.79. The van der Waals surface area contributed by atoms with Crippen LogP contribution in [0.1, 0.15) is 39.0 Å². The highest BCUT2D eigenvalue weighted by molar-refractivity contribution is 8.01. The summed E-state index contributed by atoms with van der Waals surface area (Å²) in [4.78, 5) is 11.1. The largest absolute Gasteiger partial charge is 0.330 e. The van der Waals surface area contributed by atoms with Crippen LogP contribution in [0.5, 0.6) is 0 Å². The van der Waals surface area contributed by atoms with Crippen molar-refractivity contribution in [3.8, 4) is 0 Å². The van der Waals surface area contributed by atoms with Gasteiger partial charge in [0, 0.05) is 23.5 Å². The molecule has 122 valence electrons. The quantitative estimate of drug-likeness (QED) is 0.822. The summed E-state index contributed by atoms with van der Waals surface area (Å²) < 4.78 is 1.03. The van der Waals surface area contributed by atoms with Gasteiger partial charge in [-0.25, -0.2) is 0 Å². The van der Waals surface area contributed by atoms with Crippen LogP contribution >= 0.6 is 23.1 Å². The molecule has 2 aromatic rings. The Kier molecular flexibility index (Phi) is 5.51. The minimum Gasteiger partial charge on any atom is -0.330 e. The average Bonchev–Trinajstić information content (AvgIpc) is 2.95. The first-order chi connectivity index (χ1) is 11.2. The summed E-state index contributed by atoms with van der Waals surface area (Å²) in [5.41, 5.74) is 1.66. The van der Waals surface area contributed by atoms with Gasteiger partial charge in [0.1, 0.15) is 0 Å². The Morgan fingerprint density at radius 1 is 1.22 bits per heavy atom. The average molecular weight is 348 g/mol. The summed E-state index contributed by atoms with van der Waals surface area (Å²) in [6, 6.07) is 7.58. The Morgan fingerprint density at radius 3 is 2.78 bits per heavy atom. The zero-order chi connectivity index (χ0) is 16.1. The standard InChI is InChI=1S/C16H20N4OS2/c1-11(21)17-12-6-5-7-13(10-12)18-15-19-20-16(23-15)22-14-8-3-2-4-9-14/h5-7,10,14H,2-4,8-9H2,1H3,(H,17,21)(H,18,19). The molecule has 1 heterocycles. The van der Waals surface area contributed by atoms with Gasteiger partial charge in [-0.2, -0.15) is 0 Å². The molecule has 0 unspecified atom stereocenters. The highest BCUT2D eigenvalue weighted by Gasteiger charge is 2.17. The minimum absolute atomic E-state index is 0.0794. The van der Waals surface area contributed by atoms with E-state index in [9.17, 15) is 4.79 Å². The summed E-state index contributed by atoms with van der Waals surface area (Å²) in [5, 5.41) is 16.0. The SMILES string of the molecule is CC(=O)Nc1cccc(Nc2nnc(SC3CCCCC3)s2)c1. The molecule has 0 atom stereocenters. The maximum absolute atomic E-state index is 11.1. The van der Waals surface area contributed by atoms with Gasteiger partial charge in [0.15, 0.2) is 4.34 Å². The van der Waals surface area contributed by atoms with Crippen LogP contribution in [0.4, 0.5) is 16.5 Å². The Labute approximate surface area is 144 Å². The van der Waals surface area contributed by atoms with Crippen LogP contribution in [0.15, 0.2) is 28.6 Å². The summed E-state index contributed by atoms with van der Waals surface area (Å²) in [6.45, 7) is 1.50. The molecule has 3 rings (SSSR count). The van der Waals surface area contributed by atoms with Gasteiger partial charge >= 0.3 is 0 Å². The topological polar surface area (TPSA) is 66.9 Å². The van der Waals surface area contributed by atoms with Crippen LogP contribution in [0, 0.1) is 0 Å². The van der Waals surface area contributed by atoms with E-state index in [2.05, 4.69) is 20.8 Å². The van der Waals surface area contributed by atoms with Crippen LogP contribution in [0.25, 0.3) is 0 Å². The van der Waals surface area contributed by atoms with Crippen LogP contribution in [-0.4, -0.2) is 21.4 Å². The van der Waals surface area contributed by atoms with Crippen molar-refractivity contribution < 1.29 is 4.79 Å². The fourth-order valence-corrected chi connectivity index (χ4v) is 4.91. The number of nitrogens with zero attached hydrogens (tertiary/aromatic N) is 2. The zero-order valence-electron chi connectivity index (χ0n) is 13.0. The van der Waals surface area contributed by atoms with Gasteiger partial charge in [-0.15, -0.1) is 10.2 Å². The van der Waals surface area contributed by atoms with E-state index in [1.54, 1.807) is 11.3 Å². The van der Waals surface area contributed by atoms with Crippen molar-refractivity contribution >= 4 is 45.5 Å². The van der Waals surface area contributed by atoms with E-state index in [1.165, 1.54) is 39.0 Å². The first kappa shape index (κ1) is 16.3.